The van der Waals surface area contributed by atoms with Crippen LogP contribution < -0.4 is 9.47 Å². The zero-order valence-electron chi connectivity index (χ0n) is 19.1. The minimum absolute atomic E-state index is 0.211. The molecule has 1 aromatic heterocycles. The van der Waals surface area contributed by atoms with E-state index in [2.05, 4.69) is 31.8 Å². The molecule has 3 N–H and O–H groups in total. The lowest BCUT2D eigenvalue weighted by atomic mass is 9.57. The maximum absolute atomic E-state index is 10.7. The van der Waals surface area contributed by atoms with Gasteiger partial charge in [-0.25, -0.2) is 0 Å². The zero-order valence-corrected chi connectivity index (χ0v) is 19.1. The molecule has 1 aliphatic heterocycles. The summed E-state index contributed by atoms with van der Waals surface area (Å²) in [7, 11) is 1.67. The molecular formula is C27H31NO4. The summed E-state index contributed by atoms with van der Waals surface area (Å²) in [4.78, 5) is 3.15. The first-order chi connectivity index (χ1) is 15.2. The van der Waals surface area contributed by atoms with E-state index in [0.717, 1.165) is 58.4 Å². The number of fused-ring (bicyclic) bond motifs is 3. The number of aliphatic hydroxyl groups is 1. The number of hydrogen-bond acceptors (Lipinski definition) is 4. The first kappa shape index (κ1) is 21.0. The number of aromatic hydroxyl groups is 1. The van der Waals surface area contributed by atoms with Gasteiger partial charge in [-0.05, 0) is 78.6 Å². The van der Waals surface area contributed by atoms with E-state index >= 15 is 0 Å². The van der Waals surface area contributed by atoms with E-state index in [1.807, 2.05) is 36.5 Å². The molecule has 0 spiro atoms. The van der Waals surface area contributed by atoms with Crippen molar-refractivity contribution in [3.05, 3.63) is 53.2 Å². The number of methoxy groups -OCH3 is 1. The Bertz CT molecular complexity index is 1210. The van der Waals surface area contributed by atoms with Crippen LogP contribution in [0.5, 0.6) is 17.2 Å². The molecule has 2 aromatic carbocycles. The standard InChI is InChI=1S/C27H31NO4/c1-26(2)23-15-18-11-16(5-6-17-12-20-19(8-10-28-20)21(29)13-17)14-22(31-4)25(18)32-27(23,3)9-7-24(26)30/h5-6,8,10-14,23-24,28-30H,7,9,15H2,1-4H3/t23-,24-,27-/m1/s1. The van der Waals surface area contributed by atoms with Gasteiger partial charge in [-0.3, -0.25) is 0 Å². The largest absolute Gasteiger partial charge is 0.507 e. The number of hydrogen-bond donors (Lipinski definition) is 3. The van der Waals surface area contributed by atoms with Crippen molar-refractivity contribution in [1.82, 2.24) is 4.98 Å². The van der Waals surface area contributed by atoms with Crippen molar-refractivity contribution in [1.29, 1.82) is 0 Å². The molecule has 3 aromatic rings. The first-order valence-electron chi connectivity index (χ1n) is 11.3. The third-order valence-corrected chi connectivity index (χ3v) is 7.68. The third kappa shape index (κ3) is 3.27. The smallest absolute Gasteiger partial charge is 0.165 e. The van der Waals surface area contributed by atoms with Crippen LogP contribution in [0.2, 0.25) is 0 Å². The summed E-state index contributed by atoms with van der Waals surface area (Å²) in [5, 5.41) is 21.8. The van der Waals surface area contributed by atoms with Crippen LogP contribution in [-0.2, 0) is 6.42 Å². The molecule has 0 bridgehead atoms. The summed E-state index contributed by atoms with van der Waals surface area (Å²) in [6.07, 6.45) is 7.93. The topological polar surface area (TPSA) is 74.7 Å². The maximum atomic E-state index is 10.7. The molecule has 32 heavy (non-hydrogen) atoms. The van der Waals surface area contributed by atoms with Crippen molar-refractivity contribution >= 4 is 23.1 Å². The molecule has 0 unspecified atom stereocenters. The van der Waals surface area contributed by atoms with Crippen molar-refractivity contribution in [2.75, 3.05) is 7.11 Å². The molecule has 2 heterocycles. The molecule has 1 fully saturated rings. The Labute approximate surface area is 188 Å². The van der Waals surface area contributed by atoms with Crippen LogP contribution in [0.25, 0.3) is 23.1 Å². The number of nitrogens with one attached hydrogen (secondary N) is 1. The fourth-order valence-corrected chi connectivity index (χ4v) is 5.70. The zero-order chi connectivity index (χ0) is 22.7. The number of phenolic OH excluding ortho intramolecular Hbond substituents is 1. The number of ether oxygens (including phenoxy) is 2. The van der Waals surface area contributed by atoms with Gasteiger partial charge >= 0.3 is 0 Å². The maximum Gasteiger partial charge on any atom is 0.165 e. The summed E-state index contributed by atoms with van der Waals surface area (Å²) < 4.78 is 12.3. The highest BCUT2D eigenvalue weighted by molar-refractivity contribution is 5.89. The Morgan fingerprint density at radius 1 is 1.12 bits per heavy atom. The van der Waals surface area contributed by atoms with Crippen LogP contribution in [-0.4, -0.2) is 34.0 Å². The molecule has 5 heteroatoms. The summed E-state index contributed by atoms with van der Waals surface area (Å²) in [6, 6.07) is 9.79. The molecule has 3 atom stereocenters. The predicted molar refractivity (Wildman–Crippen MR) is 127 cm³/mol. The van der Waals surface area contributed by atoms with Gasteiger partial charge in [0.1, 0.15) is 11.4 Å². The first-order valence-corrected chi connectivity index (χ1v) is 11.3. The average Bonchev–Trinajstić information content (AvgIpc) is 3.23. The Balaban J connectivity index is 1.51. The lowest BCUT2D eigenvalue weighted by Gasteiger charge is -2.55. The Morgan fingerprint density at radius 3 is 2.62 bits per heavy atom. The molecule has 5 rings (SSSR count). The van der Waals surface area contributed by atoms with E-state index in [9.17, 15) is 10.2 Å². The molecular weight excluding hydrogens is 402 g/mol. The molecule has 2 aliphatic rings. The number of phenols is 1. The van der Waals surface area contributed by atoms with E-state index in [1.165, 1.54) is 0 Å². The number of benzene rings is 2. The summed E-state index contributed by atoms with van der Waals surface area (Å²) in [6.45, 7) is 6.47. The van der Waals surface area contributed by atoms with Gasteiger partial charge in [0, 0.05) is 23.0 Å². The monoisotopic (exact) mass is 433 g/mol. The Kier molecular flexibility index (Phi) is 4.79. The summed E-state index contributed by atoms with van der Waals surface area (Å²) in [5.74, 6) is 2.02. The lowest BCUT2D eigenvalue weighted by Crippen LogP contribution is -2.58. The van der Waals surface area contributed by atoms with Gasteiger partial charge in [-0.15, -0.1) is 0 Å². The second-order valence-corrected chi connectivity index (χ2v) is 10.1. The van der Waals surface area contributed by atoms with E-state index in [0.29, 0.717) is 0 Å². The van der Waals surface area contributed by atoms with Crippen LogP contribution in [0.15, 0.2) is 36.5 Å². The van der Waals surface area contributed by atoms with Gasteiger partial charge in [0.2, 0.25) is 0 Å². The summed E-state index contributed by atoms with van der Waals surface area (Å²) >= 11 is 0. The van der Waals surface area contributed by atoms with E-state index < -0.39 is 0 Å². The number of H-pyrrole nitrogens is 1. The van der Waals surface area contributed by atoms with Crippen LogP contribution >= 0.6 is 0 Å². The number of aromatic amines is 1. The molecule has 168 valence electrons. The van der Waals surface area contributed by atoms with Crippen LogP contribution in [0.3, 0.4) is 0 Å². The number of aliphatic hydroxyl groups excluding tert-OH is 1. The van der Waals surface area contributed by atoms with Gasteiger partial charge in [0.25, 0.3) is 0 Å². The van der Waals surface area contributed by atoms with Crippen LogP contribution in [0.1, 0.15) is 50.3 Å². The van der Waals surface area contributed by atoms with Crippen molar-refractivity contribution in [3.8, 4) is 17.2 Å². The van der Waals surface area contributed by atoms with Gasteiger partial charge in [-0.2, -0.15) is 0 Å². The lowest BCUT2D eigenvalue weighted by molar-refractivity contribution is -0.138. The van der Waals surface area contributed by atoms with Crippen molar-refractivity contribution in [2.45, 2.75) is 51.7 Å². The van der Waals surface area contributed by atoms with Crippen molar-refractivity contribution in [3.63, 3.8) is 0 Å². The van der Waals surface area contributed by atoms with E-state index in [4.69, 9.17) is 9.47 Å². The molecule has 0 amide bonds. The molecule has 5 nitrogen and oxygen atoms in total. The normalized spacial score (nSPS) is 26.5. The second-order valence-electron chi connectivity index (χ2n) is 10.1. The third-order valence-electron chi connectivity index (χ3n) is 7.68. The highest BCUT2D eigenvalue weighted by Gasteiger charge is 2.54. The minimum atomic E-state index is -0.328. The van der Waals surface area contributed by atoms with Crippen molar-refractivity contribution in [2.24, 2.45) is 11.3 Å². The number of rotatable bonds is 3. The predicted octanol–water partition coefficient (Wildman–Crippen LogP) is 5.54. The van der Waals surface area contributed by atoms with Gasteiger partial charge in [0.05, 0.1) is 13.2 Å². The quantitative estimate of drug-likeness (QED) is 0.474. The molecule has 1 aliphatic carbocycles. The Hall–Kier alpha value is -2.92. The highest BCUT2D eigenvalue weighted by Crippen LogP contribution is 2.54. The van der Waals surface area contributed by atoms with Crippen LogP contribution in [0, 0.1) is 11.3 Å². The fraction of sp³-hybridized carbons (Fsp3) is 0.407. The van der Waals surface area contributed by atoms with Gasteiger partial charge in [-0.1, -0.05) is 26.0 Å². The SMILES string of the molecule is COc1cc(C=Cc2cc(O)c3cc[nH]c3c2)cc2c1O[C@]1(C)CC[C@@H](O)C(C)(C)[C@H]1C2. The molecule has 0 radical (unpaired) electrons. The van der Waals surface area contributed by atoms with E-state index in [-0.39, 0.29) is 28.8 Å². The molecule has 0 saturated heterocycles. The highest BCUT2D eigenvalue weighted by atomic mass is 16.5. The molecule has 1 saturated carbocycles. The Morgan fingerprint density at radius 2 is 1.88 bits per heavy atom. The average molecular weight is 434 g/mol. The van der Waals surface area contributed by atoms with Gasteiger partial charge in [0.15, 0.2) is 11.5 Å². The summed E-state index contributed by atoms with van der Waals surface area (Å²) in [5.41, 5.74) is 3.38. The second kappa shape index (κ2) is 7.31. The van der Waals surface area contributed by atoms with E-state index in [1.54, 1.807) is 13.2 Å². The van der Waals surface area contributed by atoms with Gasteiger partial charge < -0.3 is 24.7 Å². The van der Waals surface area contributed by atoms with Crippen LogP contribution in [0.4, 0.5) is 0 Å². The number of aromatic nitrogens is 1. The fourth-order valence-electron chi connectivity index (χ4n) is 5.70. The van der Waals surface area contributed by atoms with Crippen molar-refractivity contribution < 1.29 is 19.7 Å². The minimum Gasteiger partial charge on any atom is -0.507 e.